The summed E-state index contributed by atoms with van der Waals surface area (Å²) in [6.45, 7) is 1.86. The number of hydrogen-bond acceptors (Lipinski definition) is 3. The number of nitrogens with one attached hydrogen (secondary N) is 1. The van der Waals surface area contributed by atoms with E-state index >= 15 is 0 Å². The van der Waals surface area contributed by atoms with E-state index in [1.807, 2.05) is 42.1 Å². The van der Waals surface area contributed by atoms with Crippen molar-refractivity contribution in [1.82, 2.24) is 5.32 Å². The van der Waals surface area contributed by atoms with Gasteiger partial charge in [-0.1, -0.05) is 24.6 Å². The van der Waals surface area contributed by atoms with E-state index < -0.39 is 0 Å². The van der Waals surface area contributed by atoms with Crippen molar-refractivity contribution in [1.29, 1.82) is 0 Å². The van der Waals surface area contributed by atoms with Crippen molar-refractivity contribution in [3.8, 4) is 5.75 Å². The van der Waals surface area contributed by atoms with Gasteiger partial charge in [0.25, 0.3) is 0 Å². The van der Waals surface area contributed by atoms with Gasteiger partial charge >= 0.3 is 0 Å². The number of hydrogen-bond donors (Lipinski definition) is 1. The molecule has 2 rings (SSSR count). The number of rotatable bonds is 7. The summed E-state index contributed by atoms with van der Waals surface area (Å²) in [5.41, 5.74) is 0. The van der Waals surface area contributed by atoms with E-state index in [4.69, 9.17) is 4.74 Å². The monoisotopic (exact) mass is 265 g/mol. The van der Waals surface area contributed by atoms with Gasteiger partial charge in [-0.15, -0.1) is 0 Å². The van der Waals surface area contributed by atoms with Crippen LogP contribution < -0.4 is 10.1 Å². The van der Waals surface area contributed by atoms with Crippen LogP contribution in [-0.4, -0.2) is 30.7 Å². The van der Waals surface area contributed by atoms with Crippen LogP contribution in [-0.2, 0) is 0 Å². The second kappa shape index (κ2) is 7.70. The van der Waals surface area contributed by atoms with E-state index in [9.17, 15) is 0 Å². The molecule has 0 bridgehead atoms. The average Bonchev–Trinajstić information content (AvgIpc) is 2.87. The molecule has 0 aromatic heterocycles. The van der Waals surface area contributed by atoms with Crippen LogP contribution in [0.2, 0.25) is 0 Å². The highest BCUT2D eigenvalue weighted by atomic mass is 32.2. The van der Waals surface area contributed by atoms with E-state index in [1.165, 1.54) is 19.3 Å². The Kier molecular flexibility index (Phi) is 5.88. The molecule has 1 aliphatic rings. The summed E-state index contributed by atoms with van der Waals surface area (Å²) in [6.07, 6.45) is 7.39. The molecule has 1 aliphatic carbocycles. The van der Waals surface area contributed by atoms with Crippen LogP contribution in [0.15, 0.2) is 30.3 Å². The second-order valence-electron chi connectivity index (χ2n) is 4.78. The summed E-state index contributed by atoms with van der Waals surface area (Å²) in [5.74, 6) is 0.973. The molecule has 0 saturated heterocycles. The smallest absolute Gasteiger partial charge is 0.119 e. The first-order valence-corrected chi connectivity index (χ1v) is 8.13. The lowest BCUT2D eigenvalue weighted by Crippen LogP contribution is -2.35. The minimum Gasteiger partial charge on any atom is -0.494 e. The van der Waals surface area contributed by atoms with Crippen molar-refractivity contribution in [2.75, 3.05) is 19.4 Å². The molecule has 1 fully saturated rings. The Morgan fingerprint density at radius 1 is 1.28 bits per heavy atom. The Morgan fingerprint density at radius 2 is 2.11 bits per heavy atom. The number of ether oxygens (including phenoxy) is 1. The highest BCUT2D eigenvalue weighted by molar-refractivity contribution is 7.99. The average molecular weight is 265 g/mol. The highest BCUT2D eigenvalue weighted by Gasteiger charge is 2.25. The normalized spacial score (nSPS) is 23.2. The quantitative estimate of drug-likeness (QED) is 0.764. The Labute approximate surface area is 114 Å². The van der Waals surface area contributed by atoms with Gasteiger partial charge in [0.1, 0.15) is 5.75 Å². The topological polar surface area (TPSA) is 21.3 Å². The van der Waals surface area contributed by atoms with Crippen molar-refractivity contribution in [2.24, 2.45) is 0 Å². The SMILES string of the molecule is CSC1CCCC1NCCCOc1ccccc1. The van der Waals surface area contributed by atoms with Crippen molar-refractivity contribution < 1.29 is 4.74 Å². The third-order valence-electron chi connectivity index (χ3n) is 3.49. The van der Waals surface area contributed by atoms with Crippen LogP contribution in [0.25, 0.3) is 0 Å². The van der Waals surface area contributed by atoms with E-state index in [-0.39, 0.29) is 0 Å². The Morgan fingerprint density at radius 3 is 2.89 bits per heavy atom. The lowest BCUT2D eigenvalue weighted by atomic mass is 10.2. The standard InChI is InChI=1S/C15H23NOS/c1-18-15-10-5-9-14(15)16-11-6-12-17-13-7-3-2-4-8-13/h2-4,7-8,14-16H,5-6,9-12H2,1H3. The Balaban J connectivity index is 1.56. The third kappa shape index (κ3) is 4.21. The highest BCUT2D eigenvalue weighted by Crippen LogP contribution is 2.28. The van der Waals surface area contributed by atoms with E-state index in [2.05, 4.69) is 11.6 Å². The maximum atomic E-state index is 5.68. The molecule has 3 heteroatoms. The van der Waals surface area contributed by atoms with Gasteiger partial charge in [-0.2, -0.15) is 11.8 Å². The zero-order valence-electron chi connectivity index (χ0n) is 11.1. The van der Waals surface area contributed by atoms with E-state index in [0.717, 1.165) is 36.6 Å². The van der Waals surface area contributed by atoms with Gasteiger partial charge in [0.05, 0.1) is 6.61 Å². The molecule has 100 valence electrons. The van der Waals surface area contributed by atoms with Crippen LogP contribution in [0, 0.1) is 0 Å². The minimum absolute atomic E-state index is 0.719. The van der Waals surface area contributed by atoms with Gasteiger partial charge < -0.3 is 10.1 Å². The molecule has 2 nitrogen and oxygen atoms in total. The number of benzene rings is 1. The molecule has 0 amide bonds. The maximum Gasteiger partial charge on any atom is 0.119 e. The molecule has 1 N–H and O–H groups in total. The molecular formula is C15H23NOS. The van der Waals surface area contributed by atoms with Gasteiger partial charge in [0.2, 0.25) is 0 Å². The van der Waals surface area contributed by atoms with Gasteiger partial charge in [-0.3, -0.25) is 0 Å². The molecule has 0 aliphatic heterocycles. The fraction of sp³-hybridized carbons (Fsp3) is 0.600. The molecule has 0 radical (unpaired) electrons. The Bertz CT molecular complexity index is 331. The minimum atomic E-state index is 0.719. The lowest BCUT2D eigenvalue weighted by Gasteiger charge is -2.19. The van der Waals surface area contributed by atoms with Crippen LogP contribution in [0.1, 0.15) is 25.7 Å². The Hall–Kier alpha value is -0.670. The van der Waals surface area contributed by atoms with Crippen molar-refractivity contribution in [3.63, 3.8) is 0 Å². The first-order chi connectivity index (χ1) is 8.90. The zero-order valence-corrected chi connectivity index (χ0v) is 11.9. The van der Waals surface area contributed by atoms with Crippen LogP contribution in [0.4, 0.5) is 0 Å². The summed E-state index contributed by atoms with van der Waals surface area (Å²) in [4.78, 5) is 0. The van der Waals surface area contributed by atoms with Gasteiger partial charge in [-0.05, 0) is 44.2 Å². The molecular weight excluding hydrogens is 242 g/mol. The zero-order chi connectivity index (χ0) is 12.6. The summed E-state index contributed by atoms with van der Waals surface area (Å²) in [5, 5.41) is 4.49. The fourth-order valence-corrected chi connectivity index (χ4v) is 3.47. The molecule has 18 heavy (non-hydrogen) atoms. The first kappa shape index (κ1) is 13.8. The first-order valence-electron chi connectivity index (χ1n) is 6.84. The molecule has 1 aromatic carbocycles. The molecule has 0 heterocycles. The van der Waals surface area contributed by atoms with Crippen molar-refractivity contribution in [2.45, 2.75) is 37.0 Å². The molecule has 1 saturated carbocycles. The largest absolute Gasteiger partial charge is 0.494 e. The molecule has 1 aromatic rings. The predicted octanol–water partition coefficient (Wildman–Crippen LogP) is 3.33. The van der Waals surface area contributed by atoms with Crippen LogP contribution in [0.5, 0.6) is 5.75 Å². The number of thioether (sulfide) groups is 1. The van der Waals surface area contributed by atoms with Gasteiger partial charge in [0.15, 0.2) is 0 Å². The molecule has 2 unspecified atom stereocenters. The molecule has 2 atom stereocenters. The summed E-state index contributed by atoms with van der Waals surface area (Å²) < 4.78 is 5.68. The van der Waals surface area contributed by atoms with Crippen LogP contribution >= 0.6 is 11.8 Å². The summed E-state index contributed by atoms with van der Waals surface area (Å²) >= 11 is 2.01. The fourth-order valence-electron chi connectivity index (χ4n) is 2.51. The van der Waals surface area contributed by atoms with E-state index in [1.54, 1.807) is 0 Å². The summed E-state index contributed by atoms with van der Waals surface area (Å²) in [7, 11) is 0. The third-order valence-corrected chi connectivity index (χ3v) is 4.66. The number of para-hydroxylation sites is 1. The van der Waals surface area contributed by atoms with Crippen molar-refractivity contribution >= 4 is 11.8 Å². The van der Waals surface area contributed by atoms with E-state index in [0.29, 0.717) is 0 Å². The second-order valence-corrected chi connectivity index (χ2v) is 5.86. The predicted molar refractivity (Wildman–Crippen MR) is 79.5 cm³/mol. The summed E-state index contributed by atoms with van der Waals surface area (Å²) in [6, 6.07) is 10.8. The lowest BCUT2D eigenvalue weighted by molar-refractivity contribution is 0.305. The van der Waals surface area contributed by atoms with Crippen LogP contribution in [0.3, 0.4) is 0 Å². The van der Waals surface area contributed by atoms with Crippen molar-refractivity contribution in [3.05, 3.63) is 30.3 Å². The molecule has 0 spiro atoms. The maximum absolute atomic E-state index is 5.68. The van der Waals surface area contributed by atoms with Gasteiger partial charge in [0, 0.05) is 11.3 Å². The van der Waals surface area contributed by atoms with Gasteiger partial charge in [-0.25, -0.2) is 0 Å².